The van der Waals surface area contributed by atoms with E-state index in [0.29, 0.717) is 0 Å². The smallest absolute Gasteiger partial charge is 0.0580 e. The molecule has 0 saturated heterocycles. The molecule has 2 rings (SSSR count). The van der Waals surface area contributed by atoms with Gasteiger partial charge in [-0.15, -0.1) is 12.4 Å². The lowest BCUT2D eigenvalue weighted by molar-refractivity contribution is 0.753. The summed E-state index contributed by atoms with van der Waals surface area (Å²) in [5, 5.41) is 3.33. The quantitative estimate of drug-likeness (QED) is 0.665. The van der Waals surface area contributed by atoms with Crippen LogP contribution in [-0.4, -0.2) is 13.1 Å². The van der Waals surface area contributed by atoms with Crippen molar-refractivity contribution >= 4 is 12.4 Å². The summed E-state index contributed by atoms with van der Waals surface area (Å²) in [4.78, 5) is 0. The molecule has 0 radical (unpaired) electrons. The van der Waals surface area contributed by atoms with Gasteiger partial charge in [-0.25, -0.2) is 0 Å². The van der Waals surface area contributed by atoms with Crippen LogP contribution in [0.5, 0.6) is 0 Å². The maximum Gasteiger partial charge on any atom is 0.0580 e. The summed E-state index contributed by atoms with van der Waals surface area (Å²) in [5.74, 6) is 6.26. The van der Waals surface area contributed by atoms with E-state index in [9.17, 15) is 0 Å². The van der Waals surface area contributed by atoms with Gasteiger partial charge in [-0.3, -0.25) is 0 Å². The Labute approximate surface area is 121 Å². The molecule has 1 nitrogen and oxygen atoms in total. The summed E-state index contributed by atoms with van der Waals surface area (Å²) in [7, 11) is 0. The predicted molar refractivity (Wildman–Crippen MR) is 83.6 cm³/mol. The number of hydrogen-bond acceptors (Lipinski definition) is 1. The van der Waals surface area contributed by atoms with Crippen LogP contribution in [0.1, 0.15) is 11.1 Å². The van der Waals surface area contributed by atoms with Crippen LogP contribution < -0.4 is 5.32 Å². The first-order valence-corrected chi connectivity index (χ1v) is 6.24. The number of benzene rings is 2. The lowest BCUT2D eigenvalue weighted by Gasteiger charge is -2.00. The number of rotatable bonds is 4. The molecule has 2 heteroatoms. The van der Waals surface area contributed by atoms with E-state index in [2.05, 4.69) is 41.4 Å². The monoisotopic (exact) mass is 271 g/mol. The zero-order valence-corrected chi connectivity index (χ0v) is 11.6. The standard InChI is InChI=1S/C17H17N.ClH/c1-3-8-16(9-4-1)12-7-14-18-15-13-17-10-5-2-6-11-17;/h1-6,8-11,18H,13-15H2;1H. The van der Waals surface area contributed by atoms with E-state index in [-0.39, 0.29) is 12.4 Å². The minimum Gasteiger partial charge on any atom is -0.306 e. The summed E-state index contributed by atoms with van der Waals surface area (Å²) < 4.78 is 0. The molecule has 0 aliphatic rings. The van der Waals surface area contributed by atoms with Crippen LogP contribution in [0, 0.1) is 11.8 Å². The largest absolute Gasteiger partial charge is 0.306 e. The van der Waals surface area contributed by atoms with Gasteiger partial charge in [-0.1, -0.05) is 60.4 Å². The topological polar surface area (TPSA) is 12.0 Å². The molecule has 1 N–H and O–H groups in total. The van der Waals surface area contributed by atoms with Gasteiger partial charge in [0.2, 0.25) is 0 Å². The first-order valence-electron chi connectivity index (χ1n) is 6.24. The van der Waals surface area contributed by atoms with Gasteiger partial charge in [0.1, 0.15) is 0 Å². The van der Waals surface area contributed by atoms with Gasteiger partial charge >= 0.3 is 0 Å². The minimum atomic E-state index is 0. The first-order chi connectivity index (χ1) is 8.95. The minimum absolute atomic E-state index is 0. The summed E-state index contributed by atoms with van der Waals surface area (Å²) in [5.41, 5.74) is 2.43. The molecule has 2 aromatic carbocycles. The molecule has 0 unspecified atom stereocenters. The highest BCUT2D eigenvalue weighted by Crippen LogP contribution is 1.98. The van der Waals surface area contributed by atoms with Gasteiger partial charge in [0.15, 0.2) is 0 Å². The van der Waals surface area contributed by atoms with Crippen LogP contribution in [0.25, 0.3) is 0 Å². The molecule has 0 aliphatic carbocycles. The van der Waals surface area contributed by atoms with Crippen LogP contribution >= 0.6 is 12.4 Å². The predicted octanol–water partition coefficient (Wildman–Crippen LogP) is 3.29. The van der Waals surface area contributed by atoms with Crippen molar-refractivity contribution in [3.05, 3.63) is 71.8 Å². The molecular weight excluding hydrogens is 254 g/mol. The molecule has 98 valence electrons. The third-order valence-electron chi connectivity index (χ3n) is 2.65. The second kappa shape index (κ2) is 9.22. The Morgan fingerprint density at radius 2 is 1.47 bits per heavy atom. The zero-order valence-electron chi connectivity index (χ0n) is 10.8. The van der Waals surface area contributed by atoms with Gasteiger partial charge in [0, 0.05) is 12.1 Å². The van der Waals surface area contributed by atoms with Crippen LogP contribution in [0.2, 0.25) is 0 Å². The van der Waals surface area contributed by atoms with E-state index in [4.69, 9.17) is 0 Å². The van der Waals surface area contributed by atoms with Crippen LogP contribution in [-0.2, 0) is 6.42 Å². The molecule has 0 aromatic heterocycles. The van der Waals surface area contributed by atoms with Gasteiger partial charge in [-0.05, 0) is 24.1 Å². The van der Waals surface area contributed by atoms with Crippen molar-refractivity contribution < 1.29 is 0 Å². The molecule has 0 aliphatic heterocycles. The Bertz CT molecular complexity index is 511. The maximum atomic E-state index is 3.33. The average molecular weight is 272 g/mol. The van der Waals surface area contributed by atoms with Crippen molar-refractivity contribution in [2.24, 2.45) is 0 Å². The molecular formula is C17H18ClN. The number of halogens is 1. The van der Waals surface area contributed by atoms with Crippen molar-refractivity contribution in [1.82, 2.24) is 5.32 Å². The van der Waals surface area contributed by atoms with Gasteiger partial charge in [0.25, 0.3) is 0 Å². The highest BCUT2D eigenvalue weighted by Gasteiger charge is 1.89. The molecule has 2 aromatic rings. The molecule has 0 fully saturated rings. The normalized spacial score (nSPS) is 9.05. The molecule has 0 saturated carbocycles. The van der Waals surface area contributed by atoms with E-state index < -0.39 is 0 Å². The highest BCUT2D eigenvalue weighted by atomic mass is 35.5. The molecule has 0 amide bonds. The maximum absolute atomic E-state index is 3.33. The fourth-order valence-electron chi connectivity index (χ4n) is 1.70. The number of nitrogens with one attached hydrogen (secondary N) is 1. The van der Waals surface area contributed by atoms with E-state index >= 15 is 0 Å². The van der Waals surface area contributed by atoms with Crippen LogP contribution in [0.15, 0.2) is 60.7 Å². The third kappa shape index (κ3) is 6.10. The summed E-state index contributed by atoms with van der Waals surface area (Å²) in [6.07, 6.45) is 1.05. The van der Waals surface area contributed by atoms with Crippen molar-refractivity contribution in [3.63, 3.8) is 0 Å². The third-order valence-corrected chi connectivity index (χ3v) is 2.65. The van der Waals surface area contributed by atoms with Crippen molar-refractivity contribution in [2.45, 2.75) is 6.42 Å². The van der Waals surface area contributed by atoms with Crippen molar-refractivity contribution in [3.8, 4) is 11.8 Å². The van der Waals surface area contributed by atoms with E-state index in [1.165, 1.54) is 5.56 Å². The van der Waals surface area contributed by atoms with Crippen LogP contribution in [0.3, 0.4) is 0 Å². The van der Waals surface area contributed by atoms with E-state index in [1.807, 2.05) is 36.4 Å². The molecule has 0 spiro atoms. The number of hydrogen-bond donors (Lipinski definition) is 1. The Hall–Kier alpha value is -1.75. The summed E-state index contributed by atoms with van der Waals surface area (Å²) >= 11 is 0. The second-order valence-corrected chi connectivity index (χ2v) is 4.08. The molecule has 0 bridgehead atoms. The summed E-state index contributed by atoms with van der Waals surface area (Å²) in [6, 6.07) is 20.6. The SMILES string of the molecule is C(#Cc1ccccc1)CNCCc1ccccc1.Cl. The van der Waals surface area contributed by atoms with E-state index in [0.717, 1.165) is 25.1 Å². The molecule has 19 heavy (non-hydrogen) atoms. The van der Waals surface area contributed by atoms with Crippen LogP contribution in [0.4, 0.5) is 0 Å². The molecule has 0 atom stereocenters. The Balaban J connectivity index is 0.00000180. The Kier molecular flexibility index (Phi) is 7.43. The van der Waals surface area contributed by atoms with Gasteiger partial charge in [0.05, 0.1) is 6.54 Å². The fourth-order valence-corrected chi connectivity index (χ4v) is 1.70. The zero-order chi connectivity index (χ0) is 12.5. The Morgan fingerprint density at radius 1 is 0.842 bits per heavy atom. The van der Waals surface area contributed by atoms with Gasteiger partial charge in [-0.2, -0.15) is 0 Å². The Morgan fingerprint density at radius 3 is 2.16 bits per heavy atom. The fraction of sp³-hybridized carbons (Fsp3) is 0.176. The lowest BCUT2D eigenvalue weighted by atomic mass is 10.1. The summed E-state index contributed by atoms with van der Waals surface area (Å²) in [6.45, 7) is 1.70. The highest BCUT2D eigenvalue weighted by molar-refractivity contribution is 5.85. The van der Waals surface area contributed by atoms with Crippen molar-refractivity contribution in [2.75, 3.05) is 13.1 Å². The van der Waals surface area contributed by atoms with Gasteiger partial charge < -0.3 is 5.32 Å². The second-order valence-electron chi connectivity index (χ2n) is 4.08. The first kappa shape index (κ1) is 15.3. The molecule has 0 heterocycles. The lowest BCUT2D eigenvalue weighted by Crippen LogP contribution is -2.17. The van der Waals surface area contributed by atoms with Crippen molar-refractivity contribution in [1.29, 1.82) is 0 Å². The van der Waals surface area contributed by atoms with E-state index in [1.54, 1.807) is 0 Å². The average Bonchev–Trinajstić information content (AvgIpc) is 2.45.